The summed E-state index contributed by atoms with van der Waals surface area (Å²) in [5, 5.41) is 7.24. The summed E-state index contributed by atoms with van der Waals surface area (Å²) in [5.74, 6) is 1.25. The average molecular weight is 376 g/mol. The maximum atomic E-state index is 12.2. The first-order valence-corrected chi connectivity index (χ1v) is 9.69. The van der Waals surface area contributed by atoms with Crippen LogP contribution in [-0.2, 0) is 6.54 Å². The topological polar surface area (TPSA) is 71.3 Å². The summed E-state index contributed by atoms with van der Waals surface area (Å²) >= 11 is 0. The van der Waals surface area contributed by atoms with Crippen LogP contribution >= 0.6 is 0 Å². The Bertz CT molecular complexity index is 895. The van der Waals surface area contributed by atoms with E-state index in [0.717, 1.165) is 49.5 Å². The Labute approximate surface area is 164 Å². The number of nitrogens with one attached hydrogen (secondary N) is 1. The zero-order valence-corrected chi connectivity index (χ0v) is 15.8. The lowest BCUT2D eigenvalue weighted by Crippen LogP contribution is -2.40. The van der Waals surface area contributed by atoms with E-state index in [1.807, 2.05) is 36.4 Å². The molecule has 1 aromatic carbocycles. The number of aromatic nitrogens is 2. The Morgan fingerprint density at radius 1 is 1.21 bits per heavy atom. The summed E-state index contributed by atoms with van der Waals surface area (Å²) in [6.45, 7) is 3.39. The lowest BCUT2D eigenvalue weighted by Gasteiger charge is -2.32. The van der Waals surface area contributed by atoms with Gasteiger partial charge in [-0.25, -0.2) is 0 Å². The molecule has 6 heteroatoms. The second-order valence-corrected chi connectivity index (χ2v) is 7.24. The summed E-state index contributed by atoms with van der Waals surface area (Å²) in [7, 11) is 0. The van der Waals surface area contributed by atoms with Crippen LogP contribution in [0.5, 0.6) is 0 Å². The Kier molecular flexibility index (Phi) is 5.77. The largest absolute Gasteiger partial charge is 0.359 e. The van der Waals surface area contributed by atoms with Crippen molar-refractivity contribution < 1.29 is 9.32 Å². The lowest BCUT2D eigenvalue weighted by atomic mass is 9.97. The van der Waals surface area contributed by atoms with Crippen molar-refractivity contribution in [2.45, 2.75) is 19.4 Å². The van der Waals surface area contributed by atoms with Crippen molar-refractivity contribution in [3.8, 4) is 11.3 Å². The highest BCUT2D eigenvalue weighted by atomic mass is 16.5. The van der Waals surface area contributed by atoms with Crippen molar-refractivity contribution >= 4 is 5.91 Å². The molecule has 0 unspecified atom stereocenters. The molecule has 1 atom stereocenters. The summed E-state index contributed by atoms with van der Waals surface area (Å²) in [6.07, 6.45) is 5.50. The van der Waals surface area contributed by atoms with Gasteiger partial charge in [0.1, 0.15) is 5.69 Å². The maximum Gasteiger partial charge on any atom is 0.252 e. The number of carbonyl (C=O) groups is 1. The van der Waals surface area contributed by atoms with E-state index in [1.165, 1.54) is 0 Å². The second-order valence-electron chi connectivity index (χ2n) is 7.24. The van der Waals surface area contributed by atoms with Crippen LogP contribution in [0.25, 0.3) is 11.3 Å². The summed E-state index contributed by atoms with van der Waals surface area (Å²) in [6, 6.07) is 15.6. The fraction of sp³-hybridized carbons (Fsp3) is 0.318. The molecule has 1 aliphatic heterocycles. The highest BCUT2D eigenvalue weighted by Gasteiger charge is 2.22. The number of amides is 1. The molecule has 0 bridgehead atoms. The van der Waals surface area contributed by atoms with E-state index in [-0.39, 0.29) is 5.91 Å². The van der Waals surface area contributed by atoms with Gasteiger partial charge in [0.2, 0.25) is 0 Å². The number of nitrogens with zero attached hydrogens (tertiary/aromatic N) is 3. The fourth-order valence-electron chi connectivity index (χ4n) is 3.65. The molecule has 0 saturated carbocycles. The van der Waals surface area contributed by atoms with Crippen LogP contribution in [-0.4, -0.2) is 40.6 Å². The molecule has 4 rings (SSSR count). The van der Waals surface area contributed by atoms with Crippen LogP contribution in [0, 0.1) is 5.92 Å². The van der Waals surface area contributed by atoms with Crippen molar-refractivity contribution in [2.75, 3.05) is 19.6 Å². The minimum absolute atomic E-state index is 0.0621. The molecule has 1 aliphatic rings. The molecule has 3 aromatic rings. The second kappa shape index (κ2) is 8.80. The maximum absolute atomic E-state index is 12.2. The third-order valence-corrected chi connectivity index (χ3v) is 5.09. The number of rotatable bonds is 6. The van der Waals surface area contributed by atoms with Crippen molar-refractivity contribution in [3.63, 3.8) is 0 Å². The van der Waals surface area contributed by atoms with Gasteiger partial charge in [-0.3, -0.25) is 14.7 Å². The fourth-order valence-corrected chi connectivity index (χ4v) is 3.65. The summed E-state index contributed by atoms with van der Waals surface area (Å²) < 4.78 is 5.54. The van der Waals surface area contributed by atoms with Gasteiger partial charge in [-0.15, -0.1) is 0 Å². The number of hydrogen-bond donors (Lipinski definition) is 1. The minimum atomic E-state index is -0.0621. The summed E-state index contributed by atoms with van der Waals surface area (Å²) in [5.41, 5.74) is 2.53. The third kappa shape index (κ3) is 4.64. The van der Waals surface area contributed by atoms with Crippen LogP contribution in [0.1, 0.15) is 29.0 Å². The lowest BCUT2D eigenvalue weighted by molar-refractivity contribution is 0.0927. The molecular formula is C22H24N4O2. The van der Waals surface area contributed by atoms with E-state index in [0.29, 0.717) is 18.0 Å². The SMILES string of the molecule is O=C(NC[C@H]1CCCN(Cc2cc(-c3ccccc3)no2)C1)c1cccnc1. The molecule has 1 N–H and O–H groups in total. The molecule has 2 aromatic heterocycles. The average Bonchev–Trinajstić information content (AvgIpc) is 3.22. The van der Waals surface area contributed by atoms with Crippen molar-refractivity contribution in [2.24, 2.45) is 5.92 Å². The smallest absolute Gasteiger partial charge is 0.252 e. The zero-order valence-electron chi connectivity index (χ0n) is 15.8. The van der Waals surface area contributed by atoms with Crippen LogP contribution < -0.4 is 5.32 Å². The molecule has 1 saturated heterocycles. The van der Waals surface area contributed by atoms with Crippen molar-refractivity contribution in [3.05, 3.63) is 72.2 Å². The first-order chi connectivity index (χ1) is 13.8. The number of hydrogen-bond acceptors (Lipinski definition) is 5. The van der Waals surface area contributed by atoms with Gasteiger partial charge >= 0.3 is 0 Å². The standard InChI is InChI=1S/C22H24N4O2/c27-22(19-9-4-10-23-14-19)24-13-17-6-5-11-26(15-17)16-20-12-21(25-28-20)18-7-2-1-3-8-18/h1-4,7-10,12,14,17H,5-6,11,13,15-16H2,(H,24,27)/t17-/m1/s1. The Morgan fingerprint density at radius 3 is 2.93 bits per heavy atom. The van der Waals surface area contributed by atoms with Crippen LogP contribution in [0.15, 0.2) is 65.4 Å². The third-order valence-electron chi connectivity index (χ3n) is 5.09. The Morgan fingerprint density at radius 2 is 2.11 bits per heavy atom. The van der Waals surface area contributed by atoms with Gasteiger partial charge in [-0.2, -0.15) is 0 Å². The predicted molar refractivity (Wildman–Crippen MR) is 107 cm³/mol. The number of likely N-dealkylation sites (tertiary alicyclic amines) is 1. The monoisotopic (exact) mass is 376 g/mol. The molecule has 0 radical (unpaired) electrons. The molecule has 6 nitrogen and oxygen atoms in total. The number of pyridine rings is 1. The van der Waals surface area contributed by atoms with Gasteiger partial charge in [-0.05, 0) is 37.4 Å². The first-order valence-electron chi connectivity index (χ1n) is 9.69. The van der Waals surface area contributed by atoms with Gasteiger partial charge in [0, 0.05) is 37.1 Å². The van der Waals surface area contributed by atoms with E-state index < -0.39 is 0 Å². The molecule has 3 heterocycles. The van der Waals surface area contributed by atoms with E-state index in [4.69, 9.17) is 4.52 Å². The molecule has 1 amide bonds. The van der Waals surface area contributed by atoms with E-state index in [9.17, 15) is 4.79 Å². The predicted octanol–water partition coefficient (Wildman–Crippen LogP) is 3.38. The Balaban J connectivity index is 1.29. The van der Waals surface area contributed by atoms with E-state index in [1.54, 1.807) is 24.5 Å². The van der Waals surface area contributed by atoms with Gasteiger partial charge < -0.3 is 9.84 Å². The molecule has 144 valence electrons. The van der Waals surface area contributed by atoms with Crippen molar-refractivity contribution in [1.29, 1.82) is 0 Å². The van der Waals surface area contributed by atoms with Gasteiger partial charge in [-0.1, -0.05) is 35.5 Å². The van der Waals surface area contributed by atoms with Gasteiger partial charge in [0.25, 0.3) is 5.91 Å². The number of piperidine rings is 1. The highest BCUT2D eigenvalue weighted by Crippen LogP contribution is 2.22. The van der Waals surface area contributed by atoms with Crippen LogP contribution in [0.2, 0.25) is 0 Å². The van der Waals surface area contributed by atoms with E-state index >= 15 is 0 Å². The normalized spacial score (nSPS) is 17.4. The zero-order chi connectivity index (χ0) is 19.2. The molecule has 0 aliphatic carbocycles. The van der Waals surface area contributed by atoms with Gasteiger partial charge in [0.05, 0.1) is 12.1 Å². The Hall–Kier alpha value is -2.99. The van der Waals surface area contributed by atoms with Crippen LogP contribution in [0.3, 0.4) is 0 Å². The molecule has 0 spiro atoms. The quantitative estimate of drug-likeness (QED) is 0.714. The first kappa shape index (κ1) is 18.4. The van der Waals surface area contributed by atoms with Crippen LogP contribution in [0.4, 0.5) is 0 Å². The van der Waals surface area contributed by atoms with Gasteiger partial charge in [0.15, 0.2) is 5.76 Å². The molecule has 28 heavy (non-hydrogen) atoms. The molecule has 1 fully saturated rings. The number of benzene rings is 1. The minimum Gasteiger partial charge on any atom is -0.359 e. The number of carbonyl (C=O) groups excluding carboxylic acids is 1. The summed E-state index contributed by atoms with van der Waals surface area (Å²) in [4.78, 5) is 18.6. The molecular weight excluding hydrogens is 352 g/mol. The highest BCUT2D eigenvalue weighted by molar-refractivity contribution is 5.93. The van der Waals surface area contributed by atoms with Crippen molar-refractivity contribution in [1.82, 2.24) is 20.4 Å². The van der Waals surface area contributed by atoms with E-state index in [2.05, 4.69) is 20.4 Å².